The molecule has 0 aliphatic carbocycles. The first kappa shape index (κ1) is 38.3. The molecule has 0 rings (SSSR count). The first-order chi connectivity index (χ1) is 19.1. The van der Waals surface area contributed by atoms with Crippen molar-refractivity contribution >= 4 is 64.0 Å². The summed E-state index contributed by atoms with van der Waals surface area (Å²) in [6.45, 7) is -1.38. The number of carbonyl (C=O) groups excluding carboxylic acids is 4. The standard InChI is InChI=1S/2C10H17N3O6S.Hg/c2*11-5(10(18)19)1-2-7(14)13-6(4-20)9(17)12-3-8(15)16;/h2*5-6,20H,1-4,11H2,(H,12,17)(H,13,14)(H,15,16)(H,18,19);/q;;+2/p-2. The quantitative estimate of drug-likeness (QED) is 0.0369. The number of carboxylic acid groups (broad SMARTS) is 4. The summed E-state index contributed by atoms with van der Waals surface area (Å²) >= 11 is -2.03. The van der Waals surface area contributed by atoms with Gasteiger partial charge in [0.2, 0.25) is 0 Å². The van der Waals surface area contributed by atoms with Gasteiger partial charge >= 0.3 is 251 Å². The van der Waals surface area contributed by atoms with Gasteiger partial charge in [-0.05, 0) is 0 Å². The van der Waals surface area contributed by atoms with Crippen molar-refractivity contribution in [1.82, 2.24) is 21.3 Å². The average molecular weight is 813 g/mol. The van der Waals surface area contributed by atoms with Gasteiger partial charge in [0.05, 0.1) is 0 Å². The van der Waals surface area contributed by atoms with Crippen LogP contribution in [0.5, 0.6) is 0 Å². The molecule has 0 bridgehead atoms. The number of aliphatic carboxylic acids is 4. The maximum atomic E-state index is 12.4. The number of nitrogens with two attached hydrogens (primary N) is 2. The first-order valence-corrected chi connectivity index (χ1v) is 27.6. The fourth-order valence-corrected chi connectivity index (χ4v) is 21.2. The van der Waals surface area contributed by atoms with Crippen LogP contribution < -0.4 is 32.7 Å². The molecule has 0 aromatic heterocycles. The monoisotopic (exact) mass is 814 g/mol. The molecule has 0 fully saturated rings. The van der Waals surface area contributed by atoms with Crippen molar-refractivity contribution in [2.75, 3.05) is 24.6 Å². The molecule has 4 atom stereocenters. The maximum absolute atomic E-state index is 12.4. The fraction of sp³-hybridized carbons (Fsp3) is 0.600. The second-order valence-electron chi connectivity index (χ2n) is 8.29. The van der Waals surface area contributed by atoms with Crippen LogP contribution in [-0.4, -0.2) is 117 Å². The van der Waals surface area contributed by atoms with Gasteiger partial charge < -0.3 is 0 Å². The van der Waals surface area contributed by atoms with E-state index in [0.717, 1.165) is 0 Å². The number of carbonyl (C=O) groups is 8. The molecule has 4 amide bonds. The van der Waals surface area contributed by atoms with Crippen molar-refractivity contribution in [3.05, 3.63) is 0 Å². The number of hydrogen-bond donors (Lipinski definition) is 10. The third kappa shape index (κ3) is 19.1. The molecule has 0 aliphatic heterocycles. The summed E-state index contributed by atoms with van der Waals surface area (Å²) in [4.78, 5) is 92.4. The molecule has 0 aliphatic rings. The van der Waals surface area contributed by atoms with Crippen LogP contribution in [-0.2, 0) is 59.9 Å². The van der Waals surface area contributed by atoms with Crippen molar-refractivity contribution < 1.29 is 80.3 Å². The van der Waals surface area contributed by atoms with Gasteiger partial charge in [0.1, 0.15) is 0 Å². The SMILES string of the molecule is NC(CCC(=O)NC(C[S][Hg][S]CC(NC(=O)CCC(N)C(=O)O)C(=O)NCC(=O)O)C(=O)NCC(=O)O)C(=O)O. The van der Waals surface area contributed by atoms with Gasteiger partial charge in [-0.1, -0.05) is 0 Å². The zero-order chi connectivity index (χ0) is 31.5. The van der Waals surface area contributed by atoms with Crippen molar-refractivity contribution in [2.45, 2.75) is 49.9 Å². The molecule has 0 saturated carbocycles. The Bertz CT molecular complexity index is 901. The minimum absolute atomic E-state index is 0.0477. The Hall–Kier alpha value is -2.68. The van der Waals surface area contributed by atoms with E-state index in [-0.39, 0.29) is 37.2 Å². The fourth-order valence-electron chi connectivity index (χ4n) is 2.68. The molecule has 0 saturated heterocycles. The van der Waals surface area contributed by atoms with Crippen LogP contribution in [0.2, 0.25) is 0 Å². The Morgan fingerprint density at radius 1 is 0.634 bits per heavy atom. The van der Waals surface area contributed by atoms with E-state index in [1.807, 2.05) is 0 Å². The zero-order valence-corrected chi connectivity index (χ0v) is 28.8. The number of amides is 4. The molecular formula is C20H32HgN6O12S2. The van der Waals surface area contributed by atoms with E-state index >= 15 is 0 Å². The summed E-state index contributed by atoms with van der Waals surface area (Å²) < 4.78 is 0. The van der Waals surface area contributed by atoms with Crippen molar-refractivity contribution in [3.8, 4) is 0 Å². The van der Waals surface area contributed by atoms with Crippen LogP contribution in [0.3, 0.4) is 0 Å². The van der Waals surface area contributed by atoms with Crippen molar-refractivity contribution in [2.24, 2.45) is 11.5 Å². The van der Waals surface area contributed by atoms with E-state index in [1.54, 1.807) is 0 Å². The van der Waals surface area contributed by atoms with Gasteiger partial charge in [0.15, 0.2) is 0 Å². The number of carboxylic acids is 4. The summed E-state index contributed by atoms with van der Waals surface area (Å²) in [5.74, 6) is -7.99. The van der Waals surface area contributed by atoms with Crippen LogP contribution in [0.25, 0.3) is 0 Å². The van der Waals surface area contributed by atoms with Gasteiger partial charge in [0, 0.05) is 0 Å². The summed E-state index contributed by atoms with van der Waals surface area (Å²) in [5.41, 5.74) is 10.7. The summed E-state index contributed by atoms with van der Waals surface area (Å²) in [5, 5.41) is 44.4. The number of rotatable bonds is 22. The molecule has 0 aromatic carbocycles. The van der Waals surface area contributed by atoms with E-state index < -0.39 is 106 Å². The van der Waals surface area contributed by atoms with Crippen LogP contribution >= 0.6 is 16.5 Å². The second-order valence-corrected chi connectivity index (χ2v) is 28.5. The second kappa shape index (κ2) is 21.1. The number of nitrogens with one attached hydrogen (secondary N) is 4. The normalized spacial score (nSPS) is 13.3. The van der Waals surface area contributed by atoms with Crippen LogP contribution in [0.15, 0.2) is 0 Å². The Labute approximate surface area is 250 Å². The molecule has 0 heterocycles. The van der Waals surface area contributed by atoms with Crippen molar-refractivity contribution in [3.63, 3.8) is 0 Å². The van der Waals surface area contributed by atoms with Gasteiger partial charge in [0.25, 0.3) is 0 Å². The van der Waals surface area contributed by atoms with Gasteiger partial charge in [-0.2, -0.15) is 0 Å². The molecule has 4 unspecified atom stereocenters. The predicted octanol–water partition coefficient (Wildman–Crippen LogP) is -3.88. The Kier molecular flexibility index (Phi) is 19.7. The minimum atomic E-state index is -2.03. The Morgan fingerprint density at radius 2 is 0.976 bits per heavy atom. The van der Waals surface area contributed by atoms with Crippen LogP contribution in [0.4, 0.5) is 0 Å². The summed E-state index contributed by atoms with van der Waals surface area (Å²) in [6, 6.07) is -4.84. The molecule has 12 N–H and O–H groups in total. The van der Waals surface area contributed by atoms with E-state index in [9.17, 15) is 38.4 Å². The molecule has 18 nitrogen and oxygen atoms in total. The molecular weight excluding hydrogens is 781 g/mol. The van der Waals surface area contributed by atoms with Crippen molar-refractivity contribution in [1.29, 1.82) is 0 Å². The van der Waals surface area contributed by atoms with E-state index in [4.69, 9.17) is 31.9 Å². The molecule has 0 spiro atoms. The third-order valence-corrected chi connectivity index (χ3v) is 24.5. The molecule has 0 aromatic rings. The van der Waals surface area contributed by atoms with Gasteiger partial charge in [-0.3, -0.25) is 0 Å². The Balaban J connectivity index is 5.05. The molecule has 41 heavy (non-hydrogen) atoms. The van der Waals surface area contributed by atoms with E-state index in [1.165, 1.54) is 16.5 Å². The molecule has 21 heteroatoms. The van der Waals surface area contributed by atoms with Gasteiger partial charge in [-0.25, -0.2) is 0 Å². The van der Waals surface area contributed by atoms with Gasteiger partial charge in [-0.15, -0.1) is 0 Å². The Morgan fingerprint density at radius 3 is 1.27 bits per heavy atom. The van der Waals surface area contributed by atoms with E-state index in [0.29, 0.717) is 0 Å². The molecule has 0 radical (unpaired) electrons. The number of hydrogen-bond acceptors (Lipinski definition) is 12. The zero-order valence-electron chi connectivity index (χ0n) is 21.7. The van der Waals surface area contributed by atoms with E-state index in [2.05, 4.69) is 21.3 Å². The van der Waals surface area contributed by atoms with Crippen LogP contribution in [0.1, 0.15) is 25.7 Å². The molecule has 228 valence electrons. The third-order valence-electron chi connectivity index (χ3n) is 4.87. The summed E-state index contributed by atoms with van der Waals surface area (Å²) in [7, 11) is 2.65. The average Bonchev–Trinajstić information content (AvgIpc) is 2.89. The topological polar surface area (TPSA) is 318 Å². The predicted molar refractivity (Wildman–Crippen MR) is 140 cm³/mol. The first-order valence-electron chi connectivity index (χ1n) is 11.8. The van der Waals surface area contributed by atoms with Crippen LogP contribution in [0, 0.1) is 0 Å². The summed E-state index contributed by atoms with van der Waals surface area (Å²) in [6.07, 6.45) is -0.950.